The van der Waals surface area contributed by atoms with Crippen molar-refractivity contribution < 1.29 is 13.9 Å². The van der Waals surface area contributed by atoms with Crippen molar-refractivity contribution in [3.63, 3.8) is 0 Å². The zero-order valence-corrected chi connectivity index (χ0v) is 18.5. The lowest BCUT2D eigenvalue weighted by Crippen LogP contribution is -2.44. The van der Waals surface area contributed by atoms with Crippen LogP contribution in [-0.4, -0.2) is 35.4 Å². The van der Waals surface area contributed by atoms with Crippen molar-refractivity contribution in [2.45, 2.75) is 45.6 Å². The van der Waals surface area contributed by atoms with Gasteiger partial charge in [0.05, 0.1) is 5.69 Å². The highest BCUT2D eigenvalue weighted by Gasteiger charge is 2.35. The topological polar surface area (TPSA) is 56.2 Å². The molecule has 1 aliphatic rings. The van der Waals surface area contributed by atoms with Crippen molar-refractivity contribution in [2.75, 3.05) is 19.8 Å². The SMILES string of the molecule is Cc1nn(CC(C)C)c(Cl)c1/C=C/C(=O)NCC1(c2cccc(F)c2)CCOCC1. The molecule has 1 aliphatic heterocycles. The van der Waals surface area contributed by atoms with Crippen LogP contribution in [-0.2, 0) is 21.5 Å². The number of carbonyl (C=O) groups is 1. The molecule has 1 aromatic carbocycles. The molecule has 5 nitrogen and oxygen atoms in total. The summed E-state index contributed by atoms with van der Waals surface area (Å²) in [6.07, 6.45) is 4.64. The number of carbonyl (C=O) groups excluding carboxylic acids is 1. The highest BCUT2D eigenvalue weighted by molar-refractivity contribution is 6.31. The summed E-state index contributed by atoms with van der Waals surface area (Å²) in [5, 5.41) is 7.98. The van der Waals surface area contributed by atoms with Crippen LogP contribution in [0.1, 0.15) is 43.5 Å². The number of nitrogens with zero attached hydrogens (tertiary/aromatic N) is 2. The van der Waals surface area contributed by atoms with E-state index in [0.29, 0.717) is 30.8 Å². The van der Waals surface area contributed by atoms with Crippen molar-refractivity contribution in [1.82, 2.24) is 15.1 Å². The molecule has 2 heterocycles. The van der Waals surface area contributed by atoms with E-state index in [2.05, 4.69) is 24.3 Å². The summed E-state index contributed by atoms with van der Waals surface area (Å²) in [5.41, 5.74) is 2.09. The Morgan fingerprint density at radius 1 is 1.40 bits per heavy atom. The lowest BCUT2D eigenvalue weighted by atomic mass is 9.74. The van der Waals surface area contributed by atoms with Crippen molar-refractivity contribution in [3.8, 4) is 0 Å². The average molecular weight is 434 g/mol. The van der Waals surface area contributed by atoms with E-state index >= 15 is 0 Å². The first-order valence-corrected chi connectivity index (χ1v) is 10.7. The molecule has 0 aliphatic carbocycles. The van der Waals surface area contributed by atoms with Gasteiger partial charge in [0.15, 0.2) is 0 Å². The average Bonchev–Trinajstić information content (AvgIpc) is 2.97. The van der Waals surface area contributed by atoms with Crippen LogP contribution in [0.5, 0.6) is 0 Å². The van der Waals surface area contributed by atoms with E-state index in [-0.39, 0.29) is 17.1 Å². The van der Waals surface area contributed by atoms with Gasteiger partial charge in [0, 0.05) is 43.4 Å². The Bertz CT molecular complexity index is 917. The van der Waals surface area contributed by atoms with Crippen molar-refractivity contribution >= 4 is 23.6 Å². The Morgan fingerprint density at radius 2 is 2.13 bits per heavy atom. The maximum absolute atomic E-state index is 13.8. The van der Waals surface area contributed by atoms with E-state index in [1.165, 1.54) is 12.1 Å². The number of nitrogens with one attached hydrogen (secondary N) is 1. The van der Waals surface area contributed by atoms with Crippen LogP contribution in [0.3, 0.4) is 0 Å². The van der Waals surface area contributed by atoms with Gasteiger partial charge in [-0.3, -0.25) is 9.48 Å². The number of amides is 1. The molecule has 7 heteroatoms. The van der Waals surface area contributed by atoms with E-state index in [1.807, 2.05) is 13.0 Å². The third-order valence-corrected chi connectivity index (χ3v) is 5.94. The minimum absolute atomic E-state index is 0.218. The largest absolute Gasteiger partial charge is 0.381 e. The van der Waals surface area contributed by atoms with Gasteiger partial charge in [0.25, 0.3) is 0 Å². The fourth-order valence-corrected chi connectivity index (χ4v) is 4.15. The van der Waals surface area contributed by atoms with Gasteiger partial charge in [-0.1, -0.05) is 37.6 Å². The molecule has 0 saturated carbocycles. The molecule has 3 rings (SSSR count). The third-order valence-electron chi connectivity index (χ3n) is 5.54. The predicted octanol–water partition coefficient (Wildman–Crippen LogP) is 4.52. The number of rotatable bonds is 7. The molecular weight excluding hydrogens is 405 g/mol. The first kappa shape index (κ1) is 22.5. The molecule has 162 valence electrons. The number of ether oxygens (including phenoxy) is 1. The van der Waals surface area contributed by atoms with Gasteiger partial charge in [-0.05, 0) is 49.5 Å². The van der Waals surface area contributed by atoms with Crippen LogP contribution in [0.2, 0.25) is 5.15 Å². The van der Waals surface area contributed by atoms with Gasteiger partial charge in [0.1, 0.15) is 11.0 Å². The summed E-state index contributed by atoms with van der Waals surface area (Å²) in [6, 6.07) is 6.62. The highest BCUT2D eigenvalue weighted by Crippen LogP contribution is 2.34. The van der Waals surface area contributed by atoms with Crippen LogP contribution in [0.15, 0.2) is 30.3 Å². The Hall–Kier alpha value is -2.18. The molecule has 1 N–H and O–H groups in total. The zero-order valence-electron chi connectivity index (χ0n) is 17.8. The predicted molar refractivity (Wildman–Crippen MR) is 117 cm³/mol. The quantitative estimate of drug-likeness (QED) is 0.653. The molecule has 0 atom stereocenters. The molecule has 1 saturated heterocycles. The van der Waals surface area contributed by atoms with E-state index in [9.17, 15) is 9.18 Å². The van der Waals surface area contributed by atoms with Crippen LogP contribution in [0.25, 0.3) is 6.08 Å². The number of hydrogen-bond acceptors (Lipinski definition) is 3. The zero-order chi connectivity index (χ0) is 21.7. The normalized spacial score (nSPS) is 16.3. The van der Waals surface area contributed by atoms with Crippen LogP contribution < -0.4 is 5.32 Å². The molecule has 0 spiro atoms. The summed E-state index contributed by atoms with van der Waals surface area (Å²) >= 11 is 6.44. The van der Waals surface area contributed by atoms with Gasteiger partial charge >= 0.3 is 0 Å². The highest BCUT2D eigenvalue weighted by atomic mass is 35.5. The second kappa shape index (κ2) is 9.75. The first-order chi connectivity index (χ1) is 14.3. The summed E-state index contributed by atoms with van der Waals surface area (Å²) in [6.45, 7) is 8.39. The third kappa shape index (κ3) is 5.29. The van der Waals surface area contributed by atoms with Crippen LogP contribution in [0.4, 0.5) is 4.39 Å². The molecule has 2 aromatic rings. The van der Waals surface area contributed by atoms with Crippen molar-refractivity contribution in [3.05, 3.63) is 58.1 Å². The van der Waals surface area contributed by atoms with E-state index in [1.54, 1.807) is 22.9 Å². The number of halogens is 2. The fraction of sp³-hybridized carbons (Fsp3) is 0.478. The Labute approximate surface area is 182 Å². The standard InChI is InChI=1S/C23H29ClFN3O2/c1-16(2)14-28-22(24)20(17(3)27-28)7-8-21(29)26-15-23(9-11-30-12-10-23)18-5-4-6-19(25)13-18/h4-8,13,16H,9-12,14-15H2,1-3H3,(H,26,29)/b8-7+. The van der Waals surface area contributed by atoms with Gasteiger partial charge in [-0.2, -0.15) is 5.10 Å². The molecule has 0 radical (unpaired) electrons. The van der Waals surface area contributed by atoms with Crippen molar-refractivity contribution in [1.29, 1.82) is 0 Å². The molecule has 1 amide bonds. The van der Waals surface area contributed by atoms with Gasteiger partial charge < -0.3 is 10.1 Å². The number of hydrogen-bond donors (Lipinski definition) is 1. The minimum atomic E-state index is -0.334. The molecule has 30 heavy (non-hydrogen) atoms. The minimum Gasteiger partial charge on any atom is -0.381 e. The summed E-state index contributed by atoms with van der Waals surface area (Å²) < 4.78 is 21.1. The molecule has 1 fully saturated rings. The van der Waals surface area contributed by atoms with E-state index in [4.69, 9.17) is 16.3 Å². The first-order valence-electron chi connectivity index (χ1n) is 10.3. The van der Waals surface area contributed by atoms with E-state index in [0.717, 1.165) is 36.2 Å². The molecule has 0 unspecified atom stereocenters. The maximum Gasteiger partial charge on any atom is 0.244 e. The van der Waals surface area contributed by atoms with Gasteiger partial charge in [0.2, 0.25) is 5.91 Å². The number of aryl methyl sites for hydroxylation is 1. The summed E-state index contributed by atoms with van der Waals surface area (Å²) in [5.74, 6) is -0.0714. The maximum atomic E-state index is 13.8. The van der Waals surface area contributed by atoms with Gasteiger partial charge in [-0.15, -0.1) is 0 Å². The van der Waals surface area contributed by atoms with Gasteiger partial charge in [-0.25, -0.2) is 4.39 Å². The van der Waals surface area contributed by atoms with Crippen LogP contribution in [0, 0.1) is 18.7 Å². The Balaban J connectivity index is 1.70. The Kier molecular flexibility index (Phi) is 7.32. The molecule has 1 aromatic heterocycles. The number of aromatic nitrogens is 2. The summed E-state index contributed by atoms with van der Waals surface area (Å²) in [7, 11) is 0. The Morgan fingerprint density at radius 3 is 2.80 bits per heavy atom. The van der Waals surface area contributed by atoms with Crippen LogP contribution >= 0.6 is 11.6 Å². The monoisotopic (exact) mass is 433 g/mol. The number of benzene rings is 1. The fourth-order valence-electron chi connectivity index (χ4n) is 3.85. The second-order valence-electron chi connectivity index (χ2n) is 8.32. The smallest absolute Gasteiger partial charge is 0.244 e. The lowest BCUT2D eigenvalue weighted by molar-refractivity contribution is -0.116. The van der Waals surface area contributed by atoms with Crippen molar-refractivity contribution in [2.24, 2.45) is 5.92 Å². The molecule has 0 bridgehead atoms. The summed E-state index contributed by atoms with van der Waals surface area (Å²) in [4.78, 5) is 12.5. The second-order valence-corrected chi connectivity index (χ2v) is 8.68. The molecular formula is C23H29ClFN3O2. The lowest BCUT2D eigenvalue weighted by Gasteiger charge is -2.37. The van der Waals surface area contributed by atoms with E-state index < -0.39 is 0 Å².